The molecule has 2 rings (SSSR count). The second-order valence-electron chi connectivity index (χ2n) is 4.30. The first-order chi connectivity index (χ1) is 9.90. The van der Waals surface area contributed by atoms with Crippen LogP contribution in [0.2, 0.25) is 0 Å². The van der Waals surface area contributed by atoms with Crippen LogP contribution in [0.15, 0.2) is 53.2 Å². The normalized spacial score (nSPS) is 16.7. The van der Waals surface area contributed by atoms with Crippen LogP contribution in [-0.4, -0.2) is 27.2 Å². The van der Waals surface area contributed by atoms with Crippen molar-refractivity contribution in [3.8, 4) is 0 Å². The zero-order valence-corrected chi connectivity index (χ0v) is 15.0. The first kappa shape index (κ1) is 18.3. The van der Waals surface area contributed by atoms with Crippen LogP contribution in [0.3, 0.4) is 0 Å². The minimum atomic E-state index is -3.76. The third-order valence-corrected chi connectivity index (χ3v) is 3.32. The molecule has 0 amide bonds. The molecule has 1 unspecified atom stereocenters. The van der Waals surface area contributed by atoms with Gasteiger partial charge in [0.05, 0.1) is 6.04 Å². The minimum absolute atomic E-state index is 0.159. The number of ketones is 1. The standard InChI is InChI=1S/C14H14BrNO.HIO3/c1-16-8-3-2-7-13(16)10-14(17)11-5-4-6-12(15)9-11;2-1(3)4/h2-9,13H,10H2,1H3;2H. The van der Waals surface area contributed by atoms with Gasteiger partial charge in [0.2, 0.25) is 0 Å². The Hall–Kier alpha value is -0.740. The quantitative estimate of drug-likeness (QED) is 0.391. The van der Waals surface area contributed by atoms with Crippen LogP contribution >= 0.6 is 15.9 Å². The molecule has 1 atom stereocenters. The predicted octanol–water partition coefficient (Wildman–Crippen LogP) is -2.53. The molecule has 1 heterocycles. The first-order valence-electron chi connectivity index (χ1n) is 6.00. The van der Waals surface area contributed by atoms with Gasteiger partial charge in [-0.15, -0.1) is 0 Å². The van der Waals surface area contributed by atoms with Crippen molar-refractivity contribution < 1.29 is 36.2 Å². The van der Waals surface area contributed by atoms with E-state index in [1.54, 1.807) is 0 Å². The molecule has 0 saturated heterocycles. The molecule has 0 fully saturated rings. The molecule has 1 aliphatic heterocycles. The number of hydrogen-bond acceptors (Lipinski definition) is 5. The SMILES string of the molecule is CN1C=CC=CC1CC(=O)c1cccc(Br)c1.[O-][I+2]([O-])O. The van der Waals surface area contributed by atoms with Crippen LogP contribution in [0.25, 0.3) is 0 Å². The van der Waals surface area contributed by atoms with E-state index in [-0.39, 0.29) is 11.8 Å². The zero-order chi connectivity index (χ0) is 15.8. The van der Waals surface area contributed by atoms with Crippen molar-refractivity contribution in [1.29, 1.82) is 0 Å². The Bertz CT molecular complexity index is 531. The van der Waals surface area contributed by atoms with E-state index in [1.807, 2.05) is 49.7 Å². The highest BCUT2D eigenvalue weighted by molar-refractivity contribution is 9.10. The van der Waals surface area contributed by atoms with E-state index < -0.39 is 21.1 Å². The highest BCUT2D eigenvalue weighted by Gasteiger charge is 2.16. The molecule has 0 aliphatic carbocycles. The summed E-state index contributed by atoms with van der Waals surface area (Å²) >= 11 is -0.384. The van der Waals surface area contributed by atoms with Gasteiger partial charge in [0, 0.05) is 23.5 Å². The lowest BCUT2D eigenvalue weighted by molar-refractivity contribution is -1.63. The summed E-state index contributed by atoms with van der Waals surface area (Å²) in [6.45, 7) is 0. The molecule has 1 aromatic rings. The van der Waals surface area contributed by atoms with Gasteiger partial charge in [-0.25, -0.2) is 0 Å². The van der Waals surface area contributed by atoms with E-state index in [0.29, 0.717) is 6.42 Å². The van der Waals surface area contributed by atoms with Gasteiger partial charge in [-0.1, -0.05) is 40.2 Å². The third kappa shape index (κ3) is 7.18. The lowest BCUT2D eigenvalue weighted by Crippen LogP contribution is -3.98. The second-order valence-corrected chi connectivity index (χ2v) is 6.36. The highest BCUT2D eigenvalue weighted by atomic mass is 127. The minimum Gasteiger partial charge on any atom is -0.396 e. The topological polar surface area (TPSA) is 86.7 Å². The summed E-state index contributed by atoms with van der Waals surface area (Å²) < 4.78 is 25.4. The second kappa shape index (κ2) is 9.31. The molecule has 1 aliphatic rings. The maximum absolute atomic E-state index is 12.1. The van der Waals surface area contributed by atoms with Crippen molar-refractivity contribution in [3.63, 3.8) is 0 Å². The molecule has 114 valence electrons. The maximum Gasteiger partial charge on any atom is 0.503 e. The number of allylic oxidation sites excluding steroid dienone is 2. The van der Waals surface area contributed by atoms with Crippen LogP contribution in [-0.2, 0) is 0 Å². The molecule has 0 aromatic heterocycles. The lowest BCUT2D eigenvalue weighted by atomic mass is 10.0. The lowest BCUT2D eigenvalue weighted by Gasteiger charge is -2.25. The summed E-state index contributed by atoms with van der Waals surface area (Å²) in [7, 11) is 1.98. The first-order valence-corrected chi connectivity index (χ1v) is 9.52. The Labute approximate surface area is 140 Å². The van der Waals surface area contributed by atoms with Crippen molar-refractivity contribution >= 4 is 21.7 Å². The fourth-order valence-corrected chi connectivity index (χ4v) is 2.21. The summed E-state index contributed by atoms with van der Waals surface area (Å²) in [6, 6.07) is 7.69. The number of carbonyl (C=O) groups excluding carboxylic acids is 1. The number of carbonyl (C=O) groups is 1. The number of Topliss-reactive ketones (excluding diaryl/α,β-unsaturated/α-hetero) is 1. The average molecular weight is 468 g/mol. The van der Waals surface area contributed by atoms with Crippen molar-refractivity contribution in [1.82, 2.24) is 4.90 Å². The molecular weight excluding hydrogens is 453 g/mol. The van der Waals surface area contributed by atoms with Crippen molar-refractivity contribution in [3.05, 3.63) is 58.7 Å². The smallest absolute Gasteiger partial charge is 0.396 e. The number of rotatable bonds is 3. The summed E-state index contributed by atoms with van der Waals surface area (Å²) in [5.74, 6) is 0.170. The molecule has 21 heavy (non-hydrogen) atoms. The Kier molecular flexibility index (Phi) is 8.12. The average Bonchev–Trinajstić information content (AvgIpc) is 2.40. The van der Waals surface area contributed by atoms with Crippen LogP contribution in [0.5, 0.6) is 0 Å². The van der Waals surface area contributed by atoms with Gasteiger partial charge in [0.25, 0.3) is 0 Å². The number of halogens is 2. The molecule has 0 radical (unpaired) electrons. The molecule has 0 saturated carbocycles. The monoisotopic (exact) mass is 467 g/mol. The third-order valence-electron chi connectivity index (χ3n) is 2.83. The fraction of sp³-hybridized carbons (Fsp3) is 0.214. The Morgan fingerprint density at radius 2 is 2.10 bits per heavy atom. The van der Waals surface area contributed by atoms with Gasteiger partial charge in [-0.05, 0) is 27.8 Å². The zero-order valence-electron chi connectivity index (χ0n) is 11.3. The fourth-order valence-electron chi connectivity index (χ4n) is 1.81. The van der Waals surface area contributed by atoms with Crippen LogP contribution < -0.4 is 27.9 Å². The van der Waals surface area contributed by atoms with Gasteiger partial charge in [0.1, 0.15) is 0 Å². The van der Waals surface area contributed by atoms with Crippen molar-refractivity contribution in [2.45, 2.75) is 12.5 Å². The molecule has 0 bridgehead atoms. The van der Waals surface area contributed by atoms with Gasteiger partial charge >= 0.3 is 21.1 Å². The largest absolute Gasteiger partial charge is 0.503 e. The van der Waals surface area contributed by atoms with E-state index in [0.717, 1.165) is 10.0 Å². The van der Waals surface area contributed by atoms with E-state index in [4.69, 9.17) is 10.3 Å². The summed E-state index contributed by atoms with van der Waals surface area (Å²) in [5.41, 5.74) is 0.760. The summed E-state index contributed by atoms with van der Waals surface area (Å²) in [5, 5.41) is 0. The Morgan fingerprint density at radius 3 is 2.67 bits per heavy atom. The number of likely N-dealkylation sites (N-methyl/N-ethyl adjacent to an activating group) is 1. The Morgan fingerprint density at radius 1 is 1.43 bits per heavy atom. The van der Waals surface area contributed by atoms with E-state index in [9.17, 15) is 4.79 Å². The van der Waals surface area contributed by atoms with E-state index in [2.05, 4.69) is 26.9 Å². The predicted molar refractivity (Wildman–Crippen MR) is 75.1 cm³/mol. The molecule has 0 spiro atoms. The van der Waals surface area contributed by atoms with Gasteiger partial charge in [-0.2, -0.15) is 0 Å². The number of benzene rings is 1. The number of hydrogen-bond donors (Lipinski definition) is 1. The maximum atomic E-state index is 12.1. The molecular formula is C14H15BrINO4. The summed E-state index contributed by atoms with van der Waals surface area (Å²) in [4.78, 5) is 14.2. The van der Waals surface area contributed by atoms with Gasteiger partial charge in [0.15, 0.2) is 5.78 Å². The summed E-state index contributed by atoms with van der Waals surface area (Å²) in [6.07, 6.45) is 8.50. The van der Waals surface area contributed by atoms with E-state index in [1.165, 1.54) is 0 Å². The van der Waals surface area contributed by atoms with Crippen molar-refractivity contribution in [2.75, 3.05) is 7.05 Å². The van der Waals surface area contributed by atoms with Crippen LogP contribution in [0.4, 0.5) is 0 Å². The molecule has 7 heteroatoms. The van der Waals surface area contributed by atoms with Gasteiger partial charge in [-0.3, -0.25) is 4.79 Å². The van der Waals surface area contributed by atoms with Crippen molar-refractivity contribution in [2.24, 2.45) is 0 Å². The van der Waals surface area contributed by atoms with Crippen LogP contribution in [0.1, 0.15) is 16.8 Å². The molecule has 1 aromatic carbocycles. The highest BCUT2D eigenvalue weighted by Crippen LogP contribution is 2.16. The molecule has 5 nitrogen and oxygen atoms in total. The Balaban J connectivity index is 0.000000491. The number of nitrogens with zero attached hydrogens (tertiary/aromatic N) is 1. The van der Waals surface area contributed by atoms with E-state index >= 15 is 0 Å². The van der Waals surface area contributed by atoms with Crippen LogP contribution in [0, 0.1) is 0 Å². The molecule has 1 N–H and O–H groups in total. The van der Waals surface area contributed by atoms with Gasteiger partial charge < -0.3 is 11.8 Å².